The van der Waals surface area contributed by atoms with Gasteiger partial charge in [0.2, 0.25) is 29.5 Å². The van der Waals surface area contributed by atoms with Crippen LogP contribution in [0, 0.1) is 24.2 Å². The number of carbonyl (C=O) groups is 9. The van der Waals surface area contributed by atoms with Crippen molar-refractivity contribution in [2.75, 3.05) is 125 Å². The number of fused-ring (bicyclic) bond motifs is 1. The summed E-state index contributed by atoms with van der Waals surface area (Å²) in [5.74, 6) is -1.89. The Morgan fingerprint density at radius 3 is 2.07 bits per heavy atom. The van der Waals surface area contributed by atoms with Crippen molar-refractivity contribution in [1.29, 1.82) is 5.26 Å². The highest BCUT2D eigenvalue weighted by atomic mass is 19.1. The van der Waals surface area contributed by atoms with Gasteiger partial charge in [0.1, 0.15) is 37.0 Å². The molecule has 25 nitrogen and oxygen atoms in total. The second-order valence-electron chi connectivity index (χ2n) is 23.8. The molecule has 1 aromatic heterocycles. The Morgan fingerprint density at radius 1 is 0.756 bits per heavy atom. The minimum atomic E-state index is -1.67. The number of pyridine rings is 1. The van der Waals surface area contributed by atoms with Gasteiger partial charge in [-0.15, -0.1) is 0 Å². The van der Waals surface area contributed by atoms with E-state index in [9.17, 15) is 57.9 Å². The molecule has 0 aliphatic carbocycles. The summed E-state index contributed by atoms with van der Waals surface area (Å²) in [5, 5.41) is 31.1. The fraction of sp³-hybridized carbons (Fsp3) is 0.609. The highest BCUT2D eigenvalue weighted by Gasteiger charge is 2.43. The van der Waals surface area contributed by atoms with Crippen molar-refractivity contribution in [3.8, 4) is 11.8 Å². The number of rotatable bonds is 34. The molecule has 3 atom stereocenters. The number of hydrogen-bond donors (Lipinski definition) is 5. The van der Waals surface area contributed by atoms with Gasteiger partial charge >= 0.3 is 5.97 Å². The van der Waals surface area contributed by atoms with Gasteiger partial charge in [0.15, 0.2) is 0 Å². The molecular weight excluding hydrogens is 1160 g/mol. The van der Waals surface area contributed by atoms with Crippen LogP contribution in [0.3, 0.4) is 0 Å². The normalized spacial score (nSPS) is 18.7. The minimum Gasteiger partial charge on any atom is -0.494 e. The summed E-state index contributed by atoms with van der Waals surface area (Å²) < 4.78 is 30.7. The zero-order valence-corrected chi connectivity index (χ0v) is 52.2. The first-order valence-electron chi connectivity index (χ1n) is 31.5. The smallest absolute Gasteiger partial charge is 0.317 e. The van der Waals surface area contributed by atoms with Gasteiger partial charge in [-0.25, -0.2) is 4.39 Å². The quantitative estimate of drug-likeness (QED) is 0.0424. The van der Waals surface area contributed by atoms with Gasteiger partial charge in [-0.3, -0.25) is 67.7 Å². The van der Waals surface area contributed by atoms with Gasteiger partial charge in [0.05, 0.1) is 49.9 Å². The van der Waals surface area contributed by atoms with Gasteiger partial charge in [-0.05, 0) is 114 Å². The second kappa shape index (κ2) is 38.0. The Kier molecular flexibility index (Phi) is 30.1. The van der Waals surface area contributed by atoms with Crippen molar-refractivity contribution in [3.05, 3.63) is 71.4 Å². The lowest BCUT2D eigenvalue weighted by Gasteiger charge is -2.33. The molecule has 0 bridgehead atoms. The van der Waals surface area contributed by atoms with Crippen LogP contribution in [0.4, 0.5) is 4.39 Å². The number of alkyl halides is 1. The Balaban J connectivity index is 0.920. The van der Waals surface area contributed by atoms with Gasteiger partial charge in [0.25, 0.3) is 18.9 Å². The molecule has 3 fully saturated rings. The van der Waals surface area contributed by atoms with E-state index < -0.39 is 41.4 Å². The number of unbranched alkanes of at least 4 members (excludes halogenated alkanes) is 2. The van der Waals surface area contributed by atoms with Crippen molar-refractivity contribution < 1.29 is 66.9 Å². The third-order valence-corrected chi connectivity index (χ3v) is 16.6. The molecule has 3 saturated heterocycles. The molecule has 5 N–H and O–H groups in total. The minimum absolute atomic E-state index is 0.00229. The fourth-order valence-electron chi connectivity index (χ4n) is 11.4. The van der Waals surface area contributed by atoms with Crippen LogP contribution in [0.1, 0.15) is 112 Å². The molecule has 492 valence electrons. The number of nitriles is 1. The first kappa shape index (κ1) is 71.2. The van der Waals surface area contributed by atoms with Crippen molar-refractivity contribution in [2.45, 2.75) is 121 Å². The number of aliphatic carboxylic acids is 1. The maximum Gasteiger partial charge on any atom is 0.317 e. The van der Waals surface area contributed by atoms with Crippen LogP contribution >= 0.6 is 0 Å². The summed E-state index contributed by atoms with van der Waals surface area (Å²) in [6.07, 6.45) is 9.65. The molecule has 0 radical (unpaired) electrons. The van der Waals surface area contributed by atoms with Gasteiger partial charge in [-0.1, -0.05) is 36.2 Å². The van der Waals surface area contributed by atoms with Crippen LogP contribution in [0.15, 0.2) is 54.7 Å². The maximum absolute atomic E-state index is 14.6. The molecule has 6 amide bonds. The number of nitrogens with one attached hydrogen (secondary N) is 4. The molecule has 90 heavy (non-hydrogen) atoms. The number of ether oxygens (including phenoxy) is 3. The first-order chi connectivity index (χ1) is 43.4. The summed E-state index contributed by atoms with van der Waals surface area (Å²) in [4.78, 5) is 129. The molecule has 2 aromatic carbocycles. The number of aromatic nitrogens is 1. The number of hydrogen-bond acceptors (Lipinski definition) is 18. The number of carbonyl (C=O) groups excluding carboxylic acids is 8. The zero-order valence-electron chi connectivity index (χ0n) is 52.2. The van der Waals surface area contributed by atoms with Crippen LogP contribution < -0.4 is 26.0 Å². The van der Waals surface area contributed by atoms with Crippen LogP contribution in [-0.4, -0.2) is 236 Å². The van der Waals surface area contributed by atoms with Crippen molar-refractivity contribution >= 4 is 65.3 Å². The number of benzene rings is 2. The third-order valence-electron chi connectivity index (χ3n) is 16.6. The molecule has 2 unspecified atom stereocenters. The van der Waals surface area contributed by atoms with Gasteiger partial charge in [-0.2, -0.15) is 5.26 Å². The Hall–Kier alpha value is -7.86. The van der Waals surface area contributed by atoms with E-state index in [1.165, 1.54) is 23.6 Å². The van der Waals surface area contributed by atoms with E-state index in [2.05, 4.69) is 38.4 Å². The van der Waals surface area contributed by atoms with E-state index in [0.717, 1.165) is 37.7 Å². The maximum atomic E-state index is 14.6. The van der Waals surface area contributed by atoms with E-state index in [-0.39, 0.29) is 70.2 Å². The van der Waals surface area contributed by atoms with Crippen LogP contribution in [0.25, 0.3) is 10.9 Å². The molecule has 3 aliphatic rings. The number of carboxylic acid groups (broad SMARTS) is 1. The van der Waals surface area contributed by atoms with E-state index in [0.29, 0.717) is 171 Å². The summed E-state index contributed by atoms with van der Waals surface area (Å²) in [6, 6.07) is 15.2. The fourth-order valence-corrected chi connectivity index (χ4v) is 11.4. The number of halogens is 1. The Morgan fingerprint density at radius 2 is 1.41 bits per heavy atom. The number of carboxylic acids is 1. The van der Waals surface area contributed by atoms with Crippen molar-refractivity contribution in [3.63, 3.8) is 0 Å². The summed E-state index contributed by atoms with van der Waals surface area (Å²) >= 11 is 0. The molecule has 4 heterocycles. The van der Waals surface area contributed by atoms with Crippen LogP contribution in [0.2, 0.25) is 0 Å². The number of aryl methyl sites for hydroxylation is 2. The van der Waals surface area contributed by atoms with E-state index in [1.807, 2.05) is 44.7 Å². The first-order valence-corrected chi connectivity index (χ1v) is 31.5. The lowest BCUT2D eigenvalue weighted by atomic mass is 9.92. The standard InChI is InChI=1S/C64H91FN12O13/c1-48-14-16-49(17-15-48)9-6-12-57(80)68-24-7-11-56(71-58(81)41-72-28-29-73(42-61(84)85)31-33-75(45-89-47-79)35-34-74(32-30-72)44-88-46-78)63(87)69-23-5-3-4-13-59(82)76-26-21-50(22-27-76)10-8-36-90-52-18-19-55-54(37-52)53(20-25-67-55)62(86)70-40-60(83)77-43-64(2,65)38-51(77)39-66/h14-20,25,37,46-47,50-51,56H,3-13,21-24,26-36,38,40-45H2,1-2H3,(H,68,80)(H,69,87)(H,70,86)(H,71,81)(H,84,85)/t51-,56?,64?/m1/s1. The largest absolute Gasteiger partial charge is 0.494 e. The average Bonchev–Trinajstić information content (AvgIpc) is 1.67. The average molecular weight is 1260 g/mol. The molecule has 3 aliphatic heterocycles. The molecule has 0 spiro atoms. The number of piperidine rings is 1. The lowest BCUT2D eigenvalue weighted by Crippen LogP contribution is -2.52. The summed E-state index contributed by atoms with van der Waals surface area (Å²) in [5.41, 5.74) is 1.51. The summed E-state index contributed by atoms with van der Waals surface area (Å²) in [7, 11) is 0. The van der Waals surface area contributed by atoms with Gasteiger partial charge in [0, 0.05) is 109 Å². The molecule has 0 saturated carbocycles. The van der Waals surface area contributed by atoms with Gasteiger partial charge < -0.3 is 50.4 Å². The Labute approximate surface area is 526 Å². The second-order valence-corrected chi connectivity index (χ2v) is 23.8. The number of amides is 6. The topological polar surface area (TPSA) is 306 Å². The van der Waals surface area contributed by atoms with E-state index in [4.69, 9.17) is 14.2 Å². The highest BCUT2D eigenvalue weighted by Crippen LogP contribution is 2.30. The Bertz CT molecular complexity index is 2870. The van der Waals surface area contributed by atoms with Crippen LogP contribution in [0.5, 0.6) is 5.75 Å². The van der Waals surface area contributed by atoms with Crippen molar-refractivity contribution in [1.82, 2.24) is 55.7 Å². The molecule has 3 aromatic rings. The van der Waals surface area contributed by atoms with Crippen LogP contribution in [-0.2, 0) is 54.3 Å². The summed E-state index contributed by atoms with van der Waals surface area (Å²) in [6.45, 7) is 8.31. The zero-order chi connectivity index (χ0) is 64.7. The molecule has 26 heteroatoms. The number of likely N-dealkylation sites (tertiary alicyclic amines) is 2. The predicted molar refractivity (Wildman–Crippen MR) is 331 cm³/mol. The van der Waals surface area contributed by atoms with E-state index in [1.54, 1.807) is 29.2 Å². The molecular formula is C64H91FN12O13. The highest BCUT2D eigenvalue weighted by molar-refractivity contribution is 6.07. The predicted octanol–water partition coefficient (Wildman–Crippen LogP) is 3.17. The van der Waals surface area contributed by atoms with E-state index >= 15 is 0 Å². The third kappa shape index (κ3) is 25.2. The molecule has 6 rings (SSSR count). The SMILES string of the molecule is Cc1ccc(CCCC(=O)NCCCC(NC(=O)CN2CCN(COC=O)CCN(COC=O)CCN(CC(=O)O)CC2)C(=O)NCCCCCC(=O)N2CCC(CCCOc3ccc4nccc(C(=O)NCC(=O)N5CC(C)(F)C[C@@H]5C#N)c4c3)CC2)cc1. The monoisotopic (exact) mass is 1250 g/mol. The van der Waals surface area contributed by atoms with Crippen molar-refractivity contribution in [2.24, 2.45) is 5.92 Å². The number of nitrogens with zero attached hydrogens (tertiary/aromatic N) is 8. The lowest BCUT2D eigenvalue weighted by molar-refractivity contribution is -0.139.